The Balaban J connectivity index is 1.72. The molecule has 1 saturated heterocycles. The van der Waals surface area contributed by atoms with Gasteiger partial charge in [-0.2, -0.15) is 9.30 Å². The molecule has 0 spiro atoms. The summed E-state index contributed by atoms with van der Waals surface area (Å²) >= 11 is 1.25. The molecule has 1 atom stereocenters. The molecule has 0 saturated carbocycles. The van der Waals surface area contributed by atoms with Gasteiger partial charge in [-0.3, -0.25) is 14.9 Å². The maximum atomic E-state index is 13.1. The van der Waals surface area contributed by atoms with E-state index in [0.717, 1.165) is 10.3 Å². The molecule has 11 heteroatoms. The average Bonchev–Trinajstić information content (AvgIpc) is 3.38. The van der Waals surface area contributed by atoms with Crippen LogP contribution in [0.1, 0.15) is 25.3 Å². The lowest BCUT2D eigenvalue weighted by atomic mass is 10.2. The molecule has 1 aliphatic heterocycles. The van der Waals surface area contributed by atoms with Gasteiger partial charge in [0.2, 0.25) is 10.0 Å². The van der Waals surface area contributed by atoms with Crippen molar-refractivity contribution in [2.75, 3.05) is 6.54 Å². The van der Waals surface area contributed by atoms with Gasteiger partial charge in [-0.1, -0.05) is 29.0 Å². The number of carbonyl (C=O) groups is 1. The van der Waals surface area contributed by atoms with Crippen molar-refractivity contribution in [2.24, 2.45) is 4.99 Å². The first-order valence-corrected chi connectivity index (χ1v) is 12.4. The topological polar surface area (TPSA) is 115 Å². The number of hydrogen-bond donors (Lipinski definition) is 0. The summed E-state index contributed by atoms with van der Waals surface area (Å²) in [4.78, 5) is 28.6. The summed E-state index contributed by atoms with van der Waals surface area (Å²) < 4.78 is 30.0. The lowest BCUT2D eigenvalue weighted by Crippen LogP contribution is -2.40. The SMILES string of the molecule is CCn1c(=NC(=O)C2CCCN2S(=O)(=O)c2ccc(C)cc2)sc2ccc([N+](=O)[O-])cc21. The van der Waals surface area contributed by atoms with Crippen LogP contribution in [-0.4, -0.2) is 40.7 Å². The molecule has 1 unspecified atom stereocenters. The number of aromatic nitrogens is 1. The summed E-state index contributed by atoms with van der Waals surface area (Å²) in [5, 5.41) is 11.1. The van der Waals surface area contributed by atoms with Crippen molar-refractivity contribution in [3.8, 4) is 0 Å². The number of nitrogens with zero attached hydrogens (tertiary/aromatic N) is 4. The van der Waals surface area contributed by atoms with Crippen molar-refractivity contribution in [1.82, 2.24) is 8.87 Å². The van der Waals surface area contributed by atoms with Crippen molar-refractivity contribution < 1.29 is 18.1 Å². The van der Waals surface area contributed by atoms with E-state index in [9.17, 15) is 23.3 Å². The zero-order valence-corrected chi connectivity index (χ0v) is 19.2. The van der Waals surface area contributed by atoms with Gasteiger partial charge in [-0.05, 0) is 44.9 Å². The molecule has 0 aliphatic carbocycles. The molecule has 32 heavy (non-hydrogen) atoms. The molecule has 1 aromatic heterocycles. The molecule has 168 valence electrons. The summed E-state index contributed by atoms with van der Waals surface area (Å²) in [5.41, 5.74) is 1.53. The number of non-ortho nitro benzene ring substituents is 1. The second-order valence-electron chi connectivity index (χ2n) is 7.57. The van der Waals surface area contributed by atoms with Gasteiger partial charge in [-0.15, -0.1) is 0 Å². The first-order valence-electron chi connectivity index (χ1n) is 10.2. The van der Waals surface area contributed by atoms with E-state index in [-0.39, 0.29) is 17.1 Å². The Morgan fingerprint density at radius 3 is 2.62 bits per heavy atom. The number of nitro groups is 1. The number of aryl methyl sites for hydroxylation is 2. The van der Waals surface area contributed by atoms with Crippen molar-refractivity contribution in [1.29, 1.82) is 0 Å². The van der Waals surface area contributed by atoms with Crippen LogP contribution in [0.2, 0.25) is 0 Å². The van der Waals surface area contributed by atoms with Gasteiger partial charge in [0.25, 0.3) is 11.6 Å². The van der Waals surface area contributed by atoms with E-state index in [1.54, 1.807) is 34.9 Å². The van der Waals surface area contributed by atoms with Gasteiger partial charge in [-0.25, -0.2) is 8.42 Å². The summed E-state index contributed by atoms with van der Waals surface area (Å²) in [6, 6.07) is 10.2. The van der Waals surface area contributed by atoms with E-state index in [1.165, 1.54) is 27.8 Å². The van der Waals surface area contributed by atoms with Crippen molar-refractivity contribution >= 4 is 43.2 Å². The molecule has 1 amide bonds. The smallest absolute Gasteiger partial charge is 0.271 e. The van der Waals surface area contributed by atoms with Gasteiger partial charge in [0.1, 0.15) is 6.04 Å². The summed E-state index contributed by atoms with van der Waals surface area (Å²) in [7, 11) is -3.82. The van der Waals surface area contributed by atoms with Crippen LogP contribution in [0.15, 0.2) is 52.4 Å². The molecule has 2 heterocycles. The predicted molar refractivity (Wildman–Crippen MR) is 121 cm³/mol. The van der Waals surface area contributed by atoms with E-state index >= 15 is 0 Å². The normalized spacial score (nSPS) is 17.8. The molecule has 0 N–H and O–H groups in total. The minimum absolute atomic E-state index is 0.0402. The standard InChI is InChI=1S/C21H22N4O5S2/c1-3-23-18-13-15(25(27)28)8-11-19(18)31-21(23)22-20(26)17-5-4-12-24(17)32(29,30)16-9-6-14(2)7-10-16/h6-11,13,17H,3-5,12H2,1-2H3. The van der Waals surface area contributed by atoms with E-state index < -0.39 is 26.9 Å². The van der Waals surface area contributed by atoms with E-state index in [0.29, 0.717) is 29.7 Å². The Hall–Kier alpha value is -2.89. The molecule has 0 radical (unpaired) electrons. The van der Waals surface area contributed by atoms with Crippen LogP contribution in [0.25, 0.3) is 10.2 Å². The Morgan fingerprint density at radius 1 is 1.25 bits per heavy atom. The van der Waals surface area contributed by atoms with Crippen LogP contribution in [0.4, 0.5) is 5.69 Å². The lowest BCUT2D eigenvalue weighted by Gasteiger charge is -2.21. The minimum Gasteiger partial charge on any atom is -0.316 e. The second kappa shape index (κ2) is 8.57. The molecular weight excluding hydrogens is 452 g/mol. The average molecular weight is 475 g/mol. The van der Waals surface area contributed by atoms with Crippen molar-refractivity contribution in [3.63, 3.8) is 0 Å². The number of nitro benzene ring substituents is 1. The summed E-state index contributed by atoms with van der Waals surface area (Å²) in [6.07, 6.45) is 0.972. The van der Waals surface area contributed by atoms with Crippen LogP contribution in [0.5, 0.6) is 0 Å². The van der Waals surface area contributed by atoms with E-state index in [2.05, 4.69) is 4.99 Å². The zero-order chi connectivity index (χ0) is 23.0. The summed E-state index contributed by atoms with van der Waals surface area (Å²) in [5.74, 6) is -0.526. The van der Waals surface area contributed by atoms with Crippen LogP contribution in [-0.2, 0) is 21.4 Å². The van der Waals surface area contributed by atoms with Crippen LogP contribution < -0.4 is 4.80 Å². The predicted octanol–water partition coefficient (Wildman–Crippen LogP) is 3.22. The second-order valence-corrected chi connectivity index (χ2v) is 10.5. The zero-order valence-electron chi connectivity index (χ0n) is 17.6. The van der Waals surface area contributed by atoms with Crippen LogP contribution in [0, 0.1) is 17.0 Å². The monoisotopic (exact) mass is 474 g/mol. The molecular formula is C21H22N4O5S2. The van der Waals surface area contributed by atoms with Gasteiger partial charge in [0.15, 0.2) is 4.80 Å². The van der Waals surface area contributed by atoms with Gasteiger partial charge < -0.3 is 4.57 Å². The molecule has 2 aromatic carbocycles. The first kappa shape index (κ1) is 22.3. The number of carbonyl (C=O) groups excluding carboxylic acids is 1. The Bertz CT molecular complexity index is 1370. The molecule has 3 aromatic rings. The third-order valence-electron chi connectivity index (χ3n) is 5.51. The summed E-state index contributed by atoms with van der Waals surface area (Å²) in [6.45, 7) is 4.45. The number of fused-ring (bicyclic) bond motifs is 1. The fourth-order valence-electron chi connectivity index (χ4n) is 3.85. The highest BCUT2D eigenvalue weighted by Gasteiger charge is 2.39. The third-order valence-corrected chi connectivity index (χ3v) is 8.50. The number of amides is 1. The lowest BCUT2D eigenvalue weighted by molar-refractivity contribution is -0.384. The number of sulfonamides is 1. The molecule has 0 bridgehead atoms. The van der Waals surface area contributed by atoms with Gasteiger partial charge >= 0.3 is 0 Å². The number of thiazole rings is 1. The van der Waals surface area contributed by atoms with Crippen molar-refractivity contribution in [2.45, 2.75) is 44.2 Å². The first-order chi connectivity index (χ1) is 15.2. The Labute approximate surface area is 188 Å². The fraction of sp³-hybridized carbons (Fsp3) is 0.333. The third kappa shape index (κ3) is 3.98. The number of rotatable bonds is 5. The minimum atomic E-state index is -3.82. The molecule has 1 fully saturated rings. The number of benzene rings is 2. The molecule has 1 aliphatic rings. The molecule has 4 rings (SSSR count). The van der Waals surface area contributed by atoms with Gasteiger partial charge in [0.05, 0.1) is 20.0 Å². The van der Waals surface area contributed by atoms with Crippen molar-refractivity contribution in [3.05, 3.63) is 62.9 Å². The maximum absolute atomic E-state index is 13.1. The van der Waals surface area contributed by atoms with E-state index in [1.807, 2.05) is 13.8 Å². The van der Waals surface area contributed by atoms with Crippen LogP contribution >= 0.6 is 11.3 Å². The van der Waals surface area contributed by atoms with Gasteiger partial charge in [0, 0.05) is 25.2 Å². The number of hydrogen-bond acceptors (Lipinski definition) is 6. The Morgan fingerprint density at radius 2 is 1.97 bits per heavy atom. The highest BCUT2D eigenvalue weighted by molar-refractivity contribution is 7.89. The Kier molecular flexibility index (Phi) is 5.97. The maximum Gasteiger partial charge on any atom is 0.271 e. The van der Waals surface area contributed by atoms with Crippen LogP contribution in [0.3, 0.4) is 0 Å². The highest BCUT2D eigenvalue weighted by Crippen LogP contribution is 2.27. The largest absolute Gasteiger partial charge is 0.316 e. The quantitative estimate of drug-likeness (QED) is 0.416. The highest BCUT2D eigenvalue weighted by atomic mass is 32.2. The van der Waals surface area contributed by atoms with E-state index in [4.69, 9.17) is 0 Å². The molecule has 9 nitrogen and oxygen atoms in total. The fourth-order valence-corrected chi connectivity index (χ4v) is 6.58.